The van der Waals surface area contributed by atoms with Crippen LogP contribution in [-0.2, 0) is 9.53 Å². The van der Waals surface area contributed by atoms with Gasteiger partial charge in [0.1, 0.15) is 17.2 Å². The number of H-pyrrole nitrogens is 1. The quantitative estimate of drug-likeness (QED) is 0.151. The smallest absolute Gasteiger partial charge is 0.239 e. The lowest BCUT2D eigenvalue weighted by Crippen LogP contribution is -2.23. The first-order valence-corrected chi connectivity index (χ1v) is 13.4. The number of aromatic amines is 1. The second-order valence-electron chi connectivity index (χ2n) is 10.00. The number of alkyl halides is 2. The molecule has 7 nitrogen and oxygen atoms in total. The fourth-order valence-corrected chi connectivity index (χ4v) is 5.34. The normalized spacial score (nSPS) is 15.8. The van der Waals surface area contributed by atoms with Gasteiger partial charge in [-0.05, 0) is 54.8 Å². The number of rotatable bonds is 8. The van der Waals surface area contributed by atoms with Crippen LogP contribution in [0.5, 0.6) is 0 Å². The topological polar surface area (TPSA) is 92.8 Å². The van der Waals surface area contributed by atoms with Crippen molar-refractivity contribution in [3.8, 4) is 22.5 Å². The van der Waals surface area contributed by atoms with E-state index in [1.807, 2.05) is 6.07 Å². The molecule has 2 N–H and O–H groups in total. The molecule has 11 heteroatoms. The second-order valence-corrected chi connectivity index (χ2v) is 10.00. The van der Waals surface area contributed by atoms with Crippen molar-refractivity contribution in [2.24, 2.45) is 0 Å². The molecule has 214 valence electrons. The standard InChI is InChI=1S/C31H25F4N5O2/c32-19-8-6-17(7-9-19)20(15-24(33)34)31(41)39-26-14-18(10-12-37-26)28-27(22-4-1-2-11-36-22)30-29(40-28)21(16-25(35)38-30)23-5-3-13-42-23/h1-2,4,6-12,14,16,20,23-24,40H,3,5,13,15H2,(H,37,39,41)/t20?,23-/m0/s1. The molecule has 1 aliphatic rings. The number of nitrogens with one attached hydrogen (secondary N) is 2. The number of carbonyl (C=O) groups is 1. The van der Waals surface area contributed by atoms with Crippen LogP contribution < -0.4 is 5.32 Å². The first-order valence-electron chi connectivity index (χ1n) is 13.4. The van der Waals surface area contributed by atoms with Gasteiger partial charge in [-0.3, -0.25) is 9.78 Å². The van der Waals surface area contributed by atoms with Gasteiger partial charge in [-0.15, -0.1) is 0 Å². The third kappa shape index (κ3) is 5.60. The Morgan fingerprint density at radius 2 is 1.88 bits per heavy atom. The number of anilines is 1. The predicted molar refractivity (Wildman–Crippen MR) is 149 cm³/mol. The Morgan fingerprint density at radius 1 is 1.05 bits per heavy atom. The molecule has 1 unspecified atom stereocenters. The van der Waals surface area contributed by atoms with Gasteiger partial charge < -0.3 is 15.0 Å². The van der Waals surface area contributed by atoms with Crippen LogP contribution in [0.25, 0.3) is 33.5 Å². The van der Waals surface area contributed by atoms with Gasteiger partial charge in [-0.2, -0.15) is 4.39 Å². The van der Waals surface area contributed by atoms with Gasteiger partial charge >= 0.3 is 0 Å². The van der Waals surface area contributed by atoms with Gasteiger partial charge in [0, 0.05) is 42.6 Å². The second kappa shape index (κ2) is 11.7. The molecule has 6 rings (SSSR count). The molecular formula is C31H25F4N5O2. The average Bonchev–Trinajstić information content (AvgIpc) is 3.65. The molecule has 4 aromatic heterocycles. The van der Waals surface area contributed by atoms with Gasteiger partial charge in [0.25, 0.3) is 0 Å². The Bertz CT molecular complexity index is 1720. The van der Waals surface area contributed by atoms with Crippen molar-refractivity contribution in [3.63, 3.8) is 0 Å². The molecule has 5 aromatic rings. The Hall–Kier alpha value is -4.64. The molecule has 0 saturated carbocycles. The lowest BCUT2D eigenvalue weighted by Gasteiger charge is -2.17. The number of amides is 1. The van der Waals surface area contributed by atoms with E-state index in [1.165, 1.54) is 24.4 Å². The average molecular weight is 576 g/mol. The van der Waals surface area contributed by atoms with E-state index in [-0.39, 0.29) is 17.5 Å². The molecule has 0 radical (unpaired) electrons. The summed E-state index contributed by atoms with van der Waals surface area (Å²) >= 11 is 0. The summed E-state index contributed by atoms with van der Waals surface area (Å²) in [5.41, 5.74) is 4.12. The van der Waals surface area contributed by atoms with Crippen LogP contribution in [0, 0.1) is 11.8 Å². The lowest BCUT2D eigenvalue weighted by molar-refractivity contribution is -0.118. The molecule has 0 aliphatic carbocycles. The molecule has 0 spiro atoms. The van der Waals surface area contributed by atoms with E-state index in [2.05, 4.69) is 25.3 Å². The molecule has 1 saturated heterocycles. The van der Waals surface area contributed by atoms with Crippen LogP contribution in [0.2, 0.25) is 0 Å². The maximum absolute atomic E-state index is 14.9. The highest BCUT2D eigenvalue weighted by atomic mass is 19.3. The zero-order chi connectivity index (χ0) is 29.2. The number of benzene rings is 1. The van der Waals surface area contributed by atoms with Crippen molar-refractivity contribution in [2.45, 2.75) is 37.7 Å². The van der Waals surface area contributed by atoms with E-state index < -0.39 is 36.4 Å². The van der Waals surface area contributed by atoms with Crippen LogP contribution in [0.3, 0.4) is 0 Å². The summed E-state index contributed by atoms with van der Waals surface area (Å²) in [5, 5.41) is 2.63. The maximum atomic E-state index is 14.9. The van der Waals surface area contributed by atoms with Crippen LogP contribution in [0.15, 0.2) is 73.1 Å². The summed E-state index contributed by atoms with van der Waals surface area (Å²) in [6, 6.07) is 14.9. The van der Waals surface area contributed by atoms with Crippen LogP contribution in [0.4, 0.5) is 23.4 Å². The van der Waals surface area contributed by atoms with Crippen molar-refractivity contribution < 1.29 is 27.1 Å². The first-order chi connectivity index (χ1) is 20.4. The van der Waals surface area contributed by atoms with E-state index in [0.29, 0.717) is 45.7 Å². The number of fused-ring (bicyclic) bond motifs is 1. The number of halogens is 4. The molecule has 1 aromatic carbocycles. The van der Waals surface area contributed by atoms with Crippen LogP contribution in [-0.4, -0.2) is 38.9 Å². The molecule has 1 aliphatic heterocycles. The molecule has 5 heterocycles. The first kappa shape index (κ1) is 27.5. The molecular weight excluding hydrogens is 550 g/mol. The summed E-state index contributed by atoms with van der Waals surface area (Å²) < 4.78 is 60.9. The summed E-state index contributed by atoms with van der Waals surface area (Å²) in [7, 11) is 0. The van der Waals surface area contributed by atoms with E-state index in [1.54, 1.807) is 30.5 Å². The zero-order valence-electron chi connectivity index (χ0n) is 22.2. The third-order valence-corrected chi connectivity index (χ3v) is 7.26. The summed E-state index contributed by atoms with van der Waals surface area (Å²) in [5.74, 6) is -3.01. The van der Waals surface area contributed by atoms with Crippen molar-refractivity contribution in [3.05, 3.63) is 95.9 Å². The summed E-state index contributed by atoms with van der Waals surface area (Å²) in [6.07, 6.45) is 0.885. The summed E-state index contributed by atoms with van der Waals surface area (Å²) in [4.78, 5) is 29.5. The van der Waals surface area contributed by atoms with E-state index in [9.17, 15) is 22.4 Å². The Balaban J connectivity index is 1.41. The van der Waals surface area contributed by atoms with Crippen LogP contribution in [0.1, 0.15) is 42.4 Å². The highest BCUT2D eigenvalue weighted by Gasteiger charge is 2.28. The zero-order valence-corrected chi connectivity index (χ0v) is 22.2. The van der Waals surface area contributed by atoms with Gasteiger partial charge in [-0.1, -0.05) is 18.2 Å². The lowest BCUT2D eigenvalue weighted by atomic mass is 9.95. The Labute approximate surface area is 238 Å². The van der Waals surface area contributed by atoms with Gasteiger partial charge in [-0.25, -0.2) is 23.1 Å². The van der Waals surface area contributed by atoms with Gasteiger partial charge in [0.2, 0.25) is 18.3 Å². The molecule has 0 bridgehead atoms. The third-order valence-electron chi connectivity index (χ3n) is 7.26. The monoisotopic (exact) mass is 575 g/mol. The van der Waals surface area contributed by atoms with Crippen molar-refractivity contribution in [1.29, 1.82) is 0 Å². The van der Waals surface area contributed by atoms with E-state index >= 15 is 0 Å². The molecule has 42 heavy (non-hydrogen) atoms. The Morgan fingerprint density at radius 3 is 2.60 bits per heavy atom. The highest BCUT2D eigenvalue weighted by Crippen LogP contribution is 2.41. The highest BCUT2D eigenvalue weighted by molar-refractivity contribution is 6.02. The Kier molecular flexibility index (Phi) is 7.66. The fraction of sp³-hybridized carbons (Fsp3) is 0.226. The molecule has 2 atom stereocenters. The molecule has 1 amide bonds. The minimum absolute atomic E-state index is 0.114. The largest absolute Gasteiger partial charge is 0.373 e. The number of hydrogen-bond donors (Lipinski definition) is 2. The SMILES string of the molecule is O=C(Nc1cc(-c2[nH]c3c([C@@H]4CCCO4)cc(F)nc3c2-c2ccccn2)ccn1)C(CC(F)F)c1ccc(F)cc1. The van der Waals surface area contributed by atoms with E-state index in [0.717, 1.165) is 25.0 Å². The minimum Gasteiger partial charge on any atom is -0.373 e. The summed E-state index contributed by atoms with van der Waals surface area (Å²) in [6.45, 7) is 0.578. The van der Waals surface area contributed by atoms with Crippen molar-refractivity contribution in [2.75, 3.05) is 11.9 Å². The maximum Gasteiger partial charge on any atom is 0.239 e. The number of hydrogen-bond acceptors (Lipinski definition) is 5. The van der Waals surface area contributed by atoms with Gasteiger partial charge in [0.15, 0.2) is 0 Å². The minimum atomic E-state index is -2.76. The number of pyridine rings is 3. The molecule has 1 fully saturated rings. The predicted octanol–water partition coefficient (Wildman–Crippen LogP) is 7.19. The van der Waals surface area contributed by atoms with Crippen LogP contribution >= 0.6 is 0 Å². The number of carbonyl (C=O) groups excluding carboxylic acids is 1. The number of nitrogens with zero attached hydrogens (tertiary/aromatic N) is 3. The number of aromatic nitrogens is 4. The van der Waals surface area contributed by atoms with E-state index in [4.69, 9.17) is 4.74 Å². The van der Waals surface area contributed by atoms with Crippen molar-refractivity contribution >= 4 is 22.8 Å². The fourth-order valence-electron chi connectivity index (χ4n) is 5.34. The number of ether oxygens (including phenoxy) is 1. The van der Waals surface area contributed by atoms with Crippen molar-refractivity contribution in [1.82, 2.24) is 19.9 Å². The van der Waals surface area contributed by atoms with Gasteiger partial charge in [0.05, 0.1) is 34.5 Å².